The van der Waals surface area contributed by atoms with Gasteiger partial charge >= 0.3 is 12.1 Å². The summed E-state index contributed by atoms with van der Waals surface area (Å²) < 4.78 is 44.3. The highest BCUT2D eigenvalue weighted by atomic mass is 19.4. The minimum atomic E-state index is -4.38. The topological polar surface area (TPSA) is 44.1 Å². The Hall–Kier alpha value is -2.83. The van der Waals surface area contributed by atoms with Crippen molar-refractivity contribution < 1.29 is 22.7 Å². The monoisotopic (exact) mass is 320 g/mol. The number of nitrogens with zero attached hydrogens (tertiary/aromatic N) is 2. The predicted molar refractivity (Wildman–Crippen MR) is 77.4 cm³/mol. The Kier molecular flexibility index (Phi) is 3.55. The molecule has 0 N–H and O–H groups in total. The molecule has 0 saturated carbocycles. The van der Waals surface area contributed by atoms with Crippen molar-refractivity contribution in [3.63, 3.8) is 0 Å². The van der Waals surface area contributed by atoms with E-state index in [4.69, 9.17) is 4.74 Å². The molecule has 0 fully saturated rings. The average molecular weight is 320 g/mol. The number of alkyl halides is 3. The molecule has 3 aromatic rings. The van der Waals surface area contributed by atoms with Gasteiger partial charge < -0.3 is 4.74 Å². The molecule has 1 heterocycles. The molecule has 0 aliphatic heterocycles. The molecule has 0 radical (unpaired) electrons. The van der Waals surface area contributed by atoms with Gasteiger partial charge in [-0.1, -0.05) is 12.1 Å². The summed E-state index contributed by atoms with van der Waals surface area (Å²) in [5.74, 6) is -0.165. The summed E-state index contributed by atoms with van der Waals surface area (Å²) >= 11 is 0. The van der Waals surface area contributed by atoms with Crippen molar-refractivity contribution >= 4 is 16.9 Å². The van der Waals surface area contributed by atoms with E-state index in [2.05, 4.69) is 5.10 Å². The van der Waals surface area contributed by atoms with Crippen molar-refractivity contribution in [2.24, 2.45) is 0 Å². The highest BCUT2D eigenvalue weighted by Crippen LogP contribution is 2.30. The van der Waals surface area contributed by atoms with Crippen LogP contribution in [0, 0.1) is 0 Å². The molecule has 0 unspecified atom stereocenters. The second-order valence-electron chi connectivity index (χ2n) is 4.91. The fourth-order valence-electron chi connectivity index (χ4n) is 2.19. The van der Waals surface area contributed by atoms with Crippen LogP contribution in [0.5, 0.6) is 5.75 Å². The van der Waals surface area contributed by atoms with Crippen LogP contribution in [-0.2, 0) is 11.0 Å². The molecule has 0 saturated heterocycles. The number of rotatable bonds is 2. The number of carbonyl (C=O) groups excluding carboxylic acids is 1. The summed E-state index contributed by atoms with van der Waals surface area (Å²) in [5, 5.41) is 5.00. The highest BCUT2D eigenvalue weighted by molar-refractivity contribution is 5.86. The number of aromatic nitrogens is 2. The summed E-state index contributed by atoms with van der Waals surface area (Å²) in [4.78, 5) is 11.1. The zero-order valence-electron chi connectivity index (χ0n) is 12.0. The summed E-state index contributed by atoms with van der Waals surface area (Å²) in [6.07, 6.45) is -2.72. The molecule has 0 spiro atoms. The predicted octanol–water partition coefficient (Wildman–Crippen LogP) is 3.97. The molecule has 4 nitrogen and oxygen atoms in total. The van der Waals surface area contributed by atoms with Crippen LogP contribution in [0.1, 0.15) is 12.5 Å². The summed E-state index contributed by atoms with van der Waals surface area (Å²) in [6, 6.07) is 9.74. The molecule has 0 bridgehead atoms. The Morgan fingerprint density at radius 2 is 1.83 bits per heavy atom. The summed E-state index contributed by atoms with van der Waals surface area (Å²) in [5.41, 5.74) is 0.212. The van der Waals surface area contributed by atoms with E-state index in [0.29, 0.717) is 22.3 Å². The maximum atomic E-state index is 12.6. The summed E-state index contributed by atoms with van der Waals surface area (Å²) in [7, 11) is 0. The largest absolute Gasteiger partial charge is 0.424 e. The second kappa shape index (κ2) is 5.42. The lowest BCUT2D eigenvalue weighted by atomic mass is 10.2. The van der Waals surface area contributed by atoms with Crippen molar-refractivity contribution in [3.8, 4) is 11.4 Å². The first-order valence-corrected chi connectivity index (χ1v) is 6.69. The standard InChI is InChI=1S/C16H11F3N2O2/c1-10(22)23-14-4-2-3-11-9-21(20-15(11)14)13-7-5-12(6-8-13)16(17,18)19/h2-9H,1H3. The van der Waals surface area contributed by atoms with Crippen molar-refractivity contribution in [2.45, 2.75) is 13.1 Å². The van der Waals surface area contributed by atoms with Crippen LogP contribution in [0.3, 0.4) is 0 Å². The minimum absolute atomic E-state index is 0.306. The number of hydrogen-bond donors (Lipinski definition) is 0. The zero-order chi connectivity index (χ0) is 16.6. The van der Waals surface area contributed by atoms with Gasteiger partial charge in [0.1, 0.15) is 5.52 Å². The van der Waals surface area contributed by atoms with Crippen LogP contribution < -0.4 is 4.74 Å². The first-order chi connectivity index (χ1) is 10.8. The van der Waals surface area contributed by atoms with Crippen LogP contribution in [0.2, 0.25) is 0 Å². The molecule has 0 aliphatic carbocycles. The lowest BCUT2D eigenvalue weighted by molar-refractivity contribution is -0.137. The Bertz CT molecular complexity index is 867. The number of fused-ring (bicyclic) bond motifs is 1. The quantitative estimate of drug-likeness (QED) is 0.530. The van der Waals surface area contributed by atoms with Crippen molar-refractivity contribution in [1.29, 1.82) is 0 Å². The van der Waals surface area contributed by atoms with Gasteiger partial charge in [0.25, 0.3) is 0 Å². The van der Waals surface area contributed by atoms with Crippen molar-refractivity contribution in [3.05, 3.63) is 54.2 Å². The fraction of sp³-hybridized carbons (Fsp3) is 0.125. The maximum absolute atomic E-state index is 12.6. The van der Waals surface area contributed by atoms with Gasteiger partial charge in [0.15, 0.2) is 5.75 Å². The van der Waals surface area contributed by atoms with Gasteiger partial charge in [0, 0.05) is 18.5 Å². The first kappa shape index (κ1) is 15.1. The van der Waals surface area contributed by atoms with E-state index in [9.17, 15) is 18.0 Å². The van der Waals surface area contributed by atoms with E-state index in [1.54, 1.807) is 24.4 Å². The van der Waals surface area contributed by atoms with Gasteiger partial charge in [-0.15, -0.1) is 0 Å². The van der Waals surface area contributed by atoms with E-state index in [0.717, 1.165) is 12.1 Å². The van der Waals surface area contributed by atoms with Gasteiger partial charge in [-0.2, -0.15) is 18.3 Å². The SMILES string of the molecule is CC(=O)Oc1cccc2cn(-c3ccc(C(F)(F)F)cc3)nc12. The minimum Gasteiger partial charge on any atom is -0.424 e. The molecule has 1 aromatic heterocycles. The fourth-order valence-corrected chi connectivity index (χ4v) is 2.19. The van der Waals surface area contributed by atoms with E-state index in [1.807, 2.05) is 0 Å². The van der Waals surface area contributed by atoms with Gasteiger partial charge in [0.05, 0.1) is 11.3 Å². The molecule has 0 aliphatic rings. The Labute approximate surface area is 129 Å². The Morgan fingerprint density at radius 1 is 1.13 bits per heavy atom. The van der Waals surface area contributed by atoms with Crippen molar-refractivity contribution in [2.75, 3.05) is 0 Å². The summed E-state index contributed by atoms with van der Waals surface area (Å²) in [6.45, 7) is 1.28. The molecule has 118 valence electrons. The zero-order valence-corrected chi connectivity index (χ0v) is 12.0. The lowest BCUT2D eigenvalue weighted by Crippen LogP contribution is -2.05. The molecule has 0 atom stereocenters. The Balaban J connectivity index is 2.02. The number of benzene rings is 2. The number of ether oxygens (including phenoxy) is 1. The van der Waals surface area contributed by atoms with Crippen LogP contribution in [0.15, 0.2) is 48.7 Å². The number of hydrogen-bond acceptors (Lipinski definition) is 3. The van der Waals surface area contributed by atoms with Crippen LogP contribution in [0.4, 0.5) is 13.2 Å². The number of halogens is 3. The van der Waals surface area contributed by atoms with E-state index < -0.39 is 17.7 Å². The second-order valence-corrected chi connectivity index (χ2v) is 4.91. The number of carbonyl (C=O) groups is 1. The van der Waals surface area contributed by atoms with Crippen molar-refractivity contribution in [1.82, 2.24) is 9.78 Å². The molecule has 23 heavy (non-hydrogen) atoms. The maximum Gasteiger partial charge on any atom is 0.416 e. The highest BCUT2D eigenvalue weighted by Gasteiger charge is 2.30. The van der Waals surface area contributed by atoms with Gasteiger partial charge in [-0.25, -0.2) is 4.68 Å². The van der Waals surface area contributed by atoms with E-state index >= 15 is 0 Å². The third-order valence-electron chi connectivity index (χ3n) is 3.21. The van der Waals surface area contributed by atoms with Gasteiger partial charge in [-0.05, 0) is 30.3 Å². The lowest BCUT2D eigenvalue weighted by Gasteiger charge is -2.07. The van der Waals surface area contributed by atoms with Crippen LogP contribution in [0.25, 0.3) is 16.6 Å². The number of esters is 1. The molecular formula is C16H11F3N2O2. The van der Waals surface area contributed by atoms with Gasteiger partial charge in [0.2, 0.25) is 0 Å². The van der Waals surface area contributed by atoms with Crippen LogP contribution >= 0.6 is 0 Å². The first-order valence-electron chi connectivity index (χ1n) is 6.69. The third-order valence-corrected chi connectivity index (χ3v) is 3.21. The molecule has 0 amide bonds. The van der Waals surface area contributed by atoms with E-state index in [1.165, 1.54) is 23.7 Å². The molecular weight excluding hydrogens is 309 g/mol. The van der Waals surface area contributed by atoms with Crippen LogP contribution in [-0.4, -0.2) is 15.7 Å². The van der Waals surface area contributed by atoms with Gasteiger partial charge in [-0.3, -0.25) is 4.79 Å². The third kappa shape index (κ3) is 3.03. The molecule has 2 aromatic carbocycles. The normalized spacial score (nSPS) is 11.7. The molecule has 3 rings (SSSR count). The Morgan fingerprint density at radius 3 is 2.43 bits per heavy atom. The van der Waals surface area contributed by atoms with E-state index in [-0.39, 0.29) is 0 Å². The average Bonchev–Trinajstić information content (AvgIpc) is 2.91. The smallest absolute Gasteiger partial charge is 0.416 e. The molecule has 7 heteroatoms.